The minimum atomic E-state index is -0.555. The Bertz CT molecular complexity index is 1160. The van der Waals surface area contributed by atoms with Crippen LogP contribution < -0.4 is 5.32 Å². The zero-order valence-corrected chi connectivity index (χ0v) is 21.7. The second kappa shape index (κ2) is 11.3. The lowest BCUT2D eigenvalue weighted by atomic mass is 9.72. The van der Waals surface area contributed by atoms with E-state index in [9.17, 15) is 14.4 Å². The number of Topliss-reactive ketones (excluding diaryl/α,β-unsaturated/α-hetero) is 1. The molecule has 0 fully saturated rings. The van der Waals surface area contributed by atoms with Crippen molar-refractivity contribution >= 4 is 40.8 Å². The molecule has 1 aromatic heterocycles. The van der Waals surface area contributed by atoms with Gasteiger partial charge >= 0.3 is 11.9 Å². The highest BCUT2D eigenvalue weighted by Gasteiger charge is 2.41. The number of dihydropyridines is 1. The Kier molecular flexibility index (Phi) is 8.13. The number of rotatable bonds is 8. The Morgan fingerprint density at radius 3 is 2.57 bits per heavy atom. The van der Waals surface area contributed by atoms with Crippen molar-refractivity contribution in [3.63, 3.8) is 0 Å². The summed E-state index contributed by atoms with van der Waals surface area (Å²) in [4.78, 5) is 40.0. The zero-order valence-electron chi connectivity index (χ0n) is 20.1. The van der Waals surface area contributed by atoms with Crippen LogP contribution in [-0.2, 0) is 19.1 Å². The van der Waals surface area contributed by atoms with E-state index in [0.717, 1.165) is 22.8 Å². The zero-order chi connectivity index (χ0) is 24.9. The van der Waals surface area contributed by atoms with Crippen molar-refractivity contribution in [1.29, 1.82) is 0 Å². The number of nitrogens with one attached hydrogen (secondary N) is 1. The summed E-state index contributed by atoms with van der Waals surface area (Å²) in [5.41, 5.74) is 3.79. The first-order valence-corrected chi connectivity index (χ1v) is 13.7. The van der Waals surface area contributed by atoms with E-state index in [4.69, 9.17) is 9.47 Å². The topological polar surface area (TPSA) is 81.7 Å². The van der Waals surface area contributed by atoms with E-state index in [1.807, 2.05) is 18.4 Å². The van der Waals surface area contributed by atoms with Crippen LogP contribution in [0.25, 0.3) is 0 Å². The van der Waals surface area contributed by atoms with E-state index in [2.05, 4.69) is 18.3 Å². The molecular weight excluding hydrogens is 482 g/mol. The van der Waals surface area contributed by atoms with Gasteiger partial charge in [-0.3, -0.25) is 4.79 Å². The lowest BCUT2D eigenvalue weighted by molar-refractivity contribution is -0.138. The van der Waals surface area contributed by atoms with Crippen LogP contribution in [0.1, 0.15) is 59.3 Å². The highest BCUT2D eigenvalue weighted by molar-refractivity contribution is 7.99. The number of ether oxygens (including phenoxy) is 2. The summed E-state index contributed by atoms with van der Waals surface area (Å²) >= 11 is 3.36. The second-order valence-electron chi connectivity index (χ2n) is 8.48. The number of methoxy groups -OCH3 is 1. The molecule has 2 atom stereocenters. The van der Waals surface area contributed by atoms with Crippen LogP contribution in [0.2, 0.25) is 0 Å². The highest BCUT2D eigenvalue weighted by atomic mass is 32.2. The maximum absolute atomic E-state index is 13.6. The van der Waals surface area contributed by atoms with Crippen LogP contribution in [0.4, 0.5) is 0 Å². The first-order chi connectivity index (χ1) is 16.9. The fourth-order valence-corrected chi connectivity index (χ4v) is 6.03. The van der Waals surface area contributed by atoms with E-state index in [1.165, 1.54) is 12.0 Å². The Balaban J connectivity index is 1.72. The van der Waals surface area contributed by atoms with Crippen LogP contribution in [0, 0.1) is 0 Å². The molecule has 0 radical (unpaired) electrons. The number of carbonyl (C=O) groups is 3. The molecule has 0 amide bonds. The van der Waals surface area contributed by atoms with Gasteiger partial charge in [-0.25, -0.2) is 9.59 Å². The van der Waals surface area contributed by atoms with Gasteiger partial charge in [-0.1, -0.05) is 25.1 Å². The average Bonchev–Trinajstić information content (AvgIpc) is 3.40. The summed E-state index contributed by atoms with van der Waals surface area (Å²) in [5, 5.41) is 5.40. The standard InChI is InChI=1S/C27H29NO5S2/c1-4-34-13-11-33-27(31)23-16(2)28-20-14-19(22-6-5-12-35-22)15-21(29)25(20)24(23)17-7-9-18(10-8-17)26(30)32-3/h5-10,12,19,24,28H,4,11,13-15H2,1-3H3/t19-,24+/m1/s1. The van der Waals surface area contributed by atoms with E-state index in [-0.39, 0.29) is 11.7 Å². The molecule has 8 heteroatoms. The third-order valence-electron chi connectivity index (χ3n) is 6.32. The third-order valence-corrected chi connectivity index (χ3v) is 8.22. The van der Waals surface area contributed by atoms with Gasteiger partial charge in [0.2, 0.25) is 0 Å². The average molecular weight is 512 g/mol. The Morgan fingerprint density at radius 1 is 1.14 bits per heavy atom. The van der Waals surface area contributed by atoms with Gasteiger partial charge in [0.25, 0.3) is 0 Å². The Hall–Kier alpha value is -2.84. The molecule has 1 N–H and O–H groups in total. The summed E-state index contributed by atoms with van der Waals surface area (Å²) < 4.78 is 10.4. The van der Waals surface area contributed by atoms with Gasteiger partial charge < -0.3 is 14.8 Å². The molecule has 0 unspecified atom stereocenters. The van der Waals surface area contributed by atoms with Gasteiger partial charge in [0.15, 0.2) is 5.78 Å². The minimum absolute atomic E-state index is 0.0264. The molecule has 184 valence electrons. The van der Waals surface area contributed by atoms with Crippen molar-refractivity contribution in [2.24, 2.45) is 0 Å². The van der Waals surface area contributed by atoms with Gasteiger partial charge in [-0.2, -0.15) is 11.8 Å². The minimum Gasteiger partial charge on any atom is -0.465 e. The molecule has 0 saturated heterocycles. The molecule has 1 aliphatic carbocycles. The van der Waals surface area contributed by atoms with Crippen molar-refractivity contribution in [2.75, 3.05) is 25.2 Å². The first kappa shape index (κ1) is 25.3. The molecule has 2 aromatic rings. The SMILES string of the molecule is CCSCCOC(=O)C1=C(C)NC2=C(C(=O)C[C@H](c3cccs3)C2)[C@H]1c1ccc(C(=O)OC)cc1. The van der Waals surface area contributed by atoms with Crippen molar-refractivity contribution < 1.29 is 23.9 Å². The summed E-state index contributed by atoms with van der Waals surface area (Å²) in [6, 6.07) is 11.0. The molecule has 2 heterocycles. The van der Waals surface area contributed by atoms with Crippen LogP contribution in [0.3, 0.4) is 0 Å². The molecule has 4 rings (SSSR count). The van der Waals surface area contributed by atoms with Crippen molar-refractivity contribution in [3.8, 4) is 0 Å². The maximum atomic E-state index is 13.6. The number of thiophene rings is 1. The van der Waals surface area contributed by atoms with E-state index in [0.29, 0.717) is 41.9 Å². The molecule has 0 bridgehead atoms. The van der Waals surface area contributed by atoms with Crippen molar-refractivity contribution in [2.45, 2.75) is 38.5 Å². The lowest BCUT2D eigenvalue weighted by Crippen LogP contribution is -2.36. The molecule has 2 aliphatic rings. The normalized spacial score (nSPS) is 19.8. The van der Waals surface area contributed by atoms with Gasteiger partial charge in [0.05, 0.1) is 18.2 Å². The van der Waals surface area contributed by atoms with Crippen molar-refractivity contribution in [3.05, 3.63) is 80.3 Å². The smallest absolute Gasteiger partial charge is 0.337 e. The summed E-state index contributed by atoms with van der Waals surface area (Å²) in [6.45, 7) is 4.23. The molecule has 0 spiro atoms. The van der Waals surface area contributed by atoms with Crippen LogP contribution in [0.5, 0.6) is 0 Å². The predicted molar refractivity (Wildman–Crippen MR) is 139 cm³/mol. The summed E-state index contributed by atoms with van der Waals surface area (Å²) in [5.74, 6) is 0.396. The molecule has 1 aromatic carbocycles. The number of benzene rings is 1. The number of carbonyl (C=O) groups excluding carboxylic acids is 3. The number of allylic oxidation sites excluding steroid dienone is 3. The summed E-state index contributed by atoms with van der Waals surface area (Å²) in [6.07, 6.45) is 1.09. The highest BCUT2D eigenvalue weighted by Crippen LogP contribution is 2.46. The van der Waals surface area contributed by atoms with E-state index >= 15 is 0 Å². The number of thioether (sulfide) groups is 1. The Labute approximate surface area is 213 Å². The maximum Gasteiger partial charge on any atom is 0.337 e. The van der Waals surface area contributed by atoms with Gasteiger partial charge in [-0.05, 0) is 48.2 Å². The van der Waals surface area contributed by atoms with E-state index < -0.39 is 17.9 Å². The summed E-state index contributed by atoms with van der Waals surface area (Å²) in [7, 11) is 1.34. The molecule has 1 aliphatic heterocycles. The molecule has 6 nitrogen and oxygen atoms in total. The van der Waals surface area contributed by atoms with E-state index in [1.54, 1.807) is 47.4 Å². The van der Waals surface area contributed by atoms with Gasteiger partial charge in [0.1, 0.15) is 6.61 Å². The monoisotopic (exact) mass is 511 g/mol. The number of hydrogen-bond acceptors (Lipinski definition) is 8. The van der Waals surface area contributed by atoms with Crippen LogP contribution in [-0.4, -0.2) is 42.9 Å². The number of esters is 2. The fourth-order valence-electron chi connectivity index (χ4n) is 4.71. The quantitative estimate of drug-likeness (QED) is 0.386. The van der Waals surface area contributed by atoms with Gasteiger partial charge in [0, 0.05) is 45.9 Å². The lowest BCUT2D eigenvalue weighted by Gasteiger charge is -2.36. The third kappa shape index (κ3) is 5.38. The van der Waals surface area contributed by atoms with Crippen LogP contribution in [0.15, 0.2) is 64.3 Å². The van der Waals surface area contributed by atoms with Crippen LogP contribution >= 0.6 is 23.1 Å². The largest absolute Gasteiger partial charge is 0.465 e. The second-order valence-corrected chi connectivity index (χ2v) is 10.9. The molecule has 0 saturated carbocycles. The first-order valence-electron chi connectivity index (χ1n) is 11.6. The van der Waals surface area contributed by atoms with Crippen molar-refractivity contribution in [1.82, 2.24) is 5.32 Å². The molecule has 35 heavy (non-hydrogen) atoms. The predicted octanol–water partition coefficient (Wildman–Crippen LogP) is 5.19. The number of ketones is 1. The number of hydrogen-bond donors (Lipinski definition) is 1. The van der Waals surface area contributed by atoms with Gasteiger partial charge in [-0.15, -0.1) is 11.3 Å². The Morgan fingerprint density at radius 2 is 1.91 bits per heavy atom. The molecular formula is C27H29NO5S2. The fraction of sp³-hybridized carbons (Fsp3) is 0.370.